The highest BCUT2D eigenvalue weighted by Gasteiger charge is 2.09. The van der Waals surface area contributed by atoms with Crippen molar-refractivity contribution in [2.45, 2.75) is 20.4 Å². The first-order valence-corrected chi connectivity index (χ1v) is 8.24. The molecule has 0 heterocycles. The Kier molecular flexibility index (Phi) is 6.95. The molecular weight excluding hydrogens is 320 g/mol. The summed E-state index contributed by atoms with van der Waals surface area (Å²) in [6.45, 7) is 5.33. The van der Waals surface area contributed by atoms with E-state index >= 15 is 0 Å². The average molecular weight is 344 g/mol. The summed E-state index contributed by atoms with van der Waals surface area (Å²) in [5.74, 6) is 1.98. The van der Waals surface area contributed by atoms with Gasteiger partial charge in [0, 0.05) is 6.54 Å². The molecule has 0 fully saturated rings. The van der Waals surface area contributed by atoms with E-state index in [1.165, 1.54) is 0 Å². The minimum Gasteiger partial charge on any atom is -0.495 e. The number of anilines is 1. The normalized spacial score (nSPS) is 10.0. The van der Waals surface area contributed by atoms with Crippen molar-refractivity contribution in [3.05, 3.63) is 48.0 Å². The minimum absolute atomic E-state index is 0.309. The number of nitrogens with one attached hydrogen (secondary N) is 2. The molecule has 0 radical (unpaired) electrons. The number of ether oxygens (including phenoxy) is 3. The Hall–Kier alpha value is -2.89. The van der Waals surface area contributed by atoms with Crippen LogP contribution in [0.1, 0.15) is 19.4 Å². The molecule has 0 saturated heterocycles. The smallest absolute Gasteiger partial charge is 0.319 e. The first kappa shape index (κ1) is 18.4. The van der Waals surface area contributed by atoms with Crippen molar-refractivity contribution in [2.24, 2.45) is 0 Å². The number of para-hydroxylation sites is 2. The number of urea groups is 1. The van der Waals surface area contributed by atoms with Crippen LogP contribution < -0.4 is 24.8 Å². The number of benzene rings is 2. The molecule has 6 nitrogen and oxygen atoms in total. The monoisotopic (exact) mass is 344 g/mol. The maximum Gasteiger partial charge on any atom is 0.319 e. The van der Waals surface area contributed by atoms with Gasteiger partial charge in [0.05, 0.1) is 26.0 Å². The minimum atomic E-state index is -0.309. The van der Waals surface area contributed by atoms with Crippen molar-refractivity contribution in [2.75, 3.05) is 25.6 Å². The van der Waals surface area contributed by atoms with E-state index in [-0.39, 0.29) is 6.03 Å². The number of hydrogen-bond donors (Lipinski definition) is 2. The fraction of sp³-hybridized carbons (Fsp3) is 0.316. The fourth-order valence-electron chi connectivity index (χ4n) is 2.30. The average Bonchev–Trinajstić information content (AvgIpc) is 2.62. The Morgan fingerprint density at radius 2 is 1.68 bits per heavy atom. The summed E-state index contributed by atoms with van der Waals surface area (Å²) in [5, 5.41) is 5.59. The van der Waals surface area contributed by atoms with Crippen LogP contribution in [0, 0.1) is 0 Å². The maximum absolute atomic E-state index is 12.1. The van der Waals surface area contributed by atoms with E-state index in [2.05, 4.69) is 10.6 Å². The second kappa shape index (κ2) is 9.42. The Morgan fingerprint density at radius 1 is 0.960 bits per heavy atom. The summed E-state index contributed by atoms with van der Waals surface area (Å²) in [5.41, 5.74) is 1.53. The van der Waals surface area contributed by atoms with Crippen LogP contribution in [-0.4, -0.2) is 26.4 Å². The molecule has 2 N–H and O–H groups in total. The van der Waals surface area contributed by atoms with E-state index in [1.807, 2.05) is 44.2 Å². The van der Waals surface area contributed by atoms with Crippen LogP contribution in [0.4, 0.5) is 10.5 Å². The predicted octanol–water partition coefficient (Wildman–Crippen LogP) is 3.81. The van der Waals surface area contributed by atoms with Gasteiger partial charge in [-0.2, -0.15) is 0 Å². The molecule has 2 rings (SSSR count). The molecule has 134 valence electrons. The Labute approximate surface area is 148 Å². The highest BCUT2D eigenvalue weighted by molar-refractivity contribution is 5.90. The third-order valence-electron chi connectivity index (χ3n) is 3.42. The van der Waals surface area contributed by atoms with Gasteiger partial charge >= 0.3 is 6.03 Å². The van der Waals surface area contributed by atoms with E-state index < -0.39 is 0 Å². The fourth-order valence-corrected chi connectivity index (χ4v) is 2.30. The van der Waals surface area contributed by atoms with Crippen molar-refractivity contribution < 1.29 is 19.0 Å². The van der Waals surface area contributed by atoms with Crippen molar-refractivity contribution in [1.82, 2.24) is 5.32 Å². The highest BCUT2D eigenvalue weighted by Crippen LogP contribution is 2.28. The molecule has 0 spiro atoms. The maximum atomic E-state index is 12.1. The van der Waals surface area contributed by atoms with Gasteiger partial charge in [-0.15, -0.1) is 0 Å². The number of amides is 2. The third kappa shape index (κ3) is 5.31. The SMILES string of the molecule is CCOc1ccc(CNC(=O)Nc2ccccc2OC)cc1OCC. The van der Waals surface area contributed by atoms with E-state index in [0.29, 0.717) is 42.7 Å². The molecular formula is C19H24N2O4. The summed E-state index contributed by atoms with van der Waals surface area (Å²) in [6, 6.07) is 12.6. The van der Waals surface area contributed by atoms with Crippen LogP contribution >= 0.6 is 0 Å². The standard InChI is InChI=1S/C19H24N2O4/c1-4-24-17-11-10-14(12-18(17)25-5-2)13-20-19(22)21-15-8-6-7-9-16(15)23-3/h6-12H,4-5,13H2,1-3H3,(H2,20,21,22). The van der Waals surface area contributed by atoms with Crippen LogP contribution in [0.25, 0.3) is 0 Å². The number of carbonyl (C=O) groups excluding carboxylic acids is 1. The Bertz CT molecular complexity index is 704. The number of methoxy groups -OCH3 is 1. The molecule has 0 aliphatic heterocycles. The lowest BCUT2D eigenvalue weighted by atomic mass is 10.2. The van der Waals surface area contributed by atoms with Crippen molar-refractivity contribution in [3.63, 3.8) is 0 Å². The van der Waals surface area contributed by atoms with Gasteiger partial charge in [0.15, 0.2) is 11.5 Å². The van der Waals surface area contributed by atoms with Crippen LogP contribution in [-0.2, 0) is 6.54 Å². The summed E-state index contributed by atoms with van der Waals surface area (Å²) in [7, 11) is 1.56. The second-order valence-corrected chi connectivity index (χ2v) is 5.16. The van der Waals surface area contributed by atoms with Crippen molar-refractivity contribution >= 4 is 11.7 Å². The molecule has 25 heavy (non-hydrogen) atoms. The molecule has 0 unspecified atom stereocenters. The van der Waals surface area contributed by atoms with Gasteiger partial charge in [-0.1, -0.05) is 18.2 Å². The summed E-state index contributed by atoms with van der Waals surface area (Å²) >= 11 is 0. The lowest BCUT2D eigenvalue weighted by molar-refractivity contribution is 0.251. The molecule has 0 atom stereocenters. The van der Waals surface area contributed by atoms with Gasteiger partial charge < -0.3 is 24.8 Å². The van der Waals surface area contributed by atoms with E-state index in [0.717, 1.165) is 5.56 Å². The molecule has 0 aromatic heterocycles. The zero-order valence-electron chi connectivity index (χ0n) is 14.8. The van der Waals surface area contributed by atoms with Crippen LogP contribution in [0.5, 0.6) is 17.2 Å². The topological polar surface area (TPSA) is 68.8 Å². The first-order valence-electron chi connectivity index (χ1n) is 8.24. The van der Waals surface area contributed by atoms with Crippen molar-refractivity contribution in [3.8, 4) is 17.2 Å². The summed E-state index contributed by atoms with van der Waals surface area (Å²) in [4.78, 5) is 12.1. The van der Waals surface area contributed by atoms with Gasteiger partial charge in [-0.05, 0) is 43.7 Å². The van der Waals surface area contributed by atoms with Crippen LogP contribution in [0.3, 0.4) is 0 Å². The lowest BCUT2D eigenvalue weighted by Crippen LogP contribution is -2.28. The molecule has 0 bridgehead atoms. The Balaban J connectivity index is 1.98. The lowest BCUT2D eigenvalue weighted by Gasteiger charge is -2.13. The van der Waals surface area contributed by atoms with Gasteiger partial charge in [-0.25, -0.2) is 4.79 Å². The molecule has 0 saturated carbocycles. The molecule has 0 aliphatic rings. The molecule has 2 aromatic carbocycles. The van der Waals surface area contributed by atoms with E-state index in [1.54, 1.807) is 19.2 Å². The van der Waals surface area contributed by atoms with E-state index in [4.69, 9.17) is 14.2 Å². The zero-order chi connectivity index (χ0) is 18.1. The van der Waals surface area contributed by atoms with Crippen LogP contribution in [0.2, 0.25) is 0 Å². The molecule has 2 aromatic rings. The van der Waals surface area contributed by atoms with Gasteiger partial charge in [-0.3, -0.25) is 0 Å². The molecule has 2 amide bonds. The van der Waals surface area contributed by atoms with Crippen LogP contribution in [0.15, 0.2) is 42.5 Å². The van der Waals surface area contributed by atoms with Gasteiger partial charge in [0.25, 0.3) is 0 Å². The van der Waals surface area contributed by atoms with E-state index in [9.17, 15) is 4.79 Å². The Morgan fingerprint density at radius 3 is 2.40 bits per heavy atom. The zero-order valence-corrected chi connectivity index (χ0v) is 14.8. The third-order valence-corrected chi connectivity index (χ3v) is 3.42. The predicted molar refractivity (Wildman–Crippen MR) is 97.6 cm³/mol. The summed E-state index contributed by atoms with van der Waals surface area (Å²) < 4.78 is 16.3. The number of rotatable bonds is 8. The first-order chi connectivity index (χ1) is 12.2. The second-order valence-electron chi connectivity index (χ2n) is 5.16. The van der Waals surface area contributed by atoms with Crippen molar-refractivity contribution in [1.29, 1.82) is 0 Å². The van der Waals surface area contributed by atoms with Gasteiger partial charge in [0.2, 0.25) is 0 Å². The number of hydrogen-bond acceptors (Lipinski definition) is 4. The largest absolute Gasteiger partial charge is 0.495 e. The molecule has 6 heteroatoms. The highest BCUT2D eigenvalue weighted by atomic mass is 16.5. The number of carbonyl (C=O) groups is 1. The quantitative estimate of drug-likeness (QED) is 0.764. The van der Waals surface area contributed by atoms with Gasteiger partial charge in [0.1, 0.15) is 5.75 Å². The summed E-state index contributed by atoms with van der Waals surface area (Å²) in [6.07, 6.45) is 0. The molecule has 0 aliphatic carbocycles.